The molecule has 6 heteroatoms. The van der Waals surface area contributed by atoms with E-state index in [9.17, 15) is 18.3 Å². The van der Waals surface area contributed by atoms with Crippen molar-refractivity contribution < 1.29 is 27.8 Å². The Morgan fingerprint density at radius 3 is 2.39 bits per heavy atom. The predicted molar refractivity (Wildman–Crippen MR) is 114 cm³/mol. The lowest BCUT2D eigenvalue weighted by Gasteiger charge is -2.29. The highest BCUT2D eigenvalue weighted by Gasteiger charge is 2.27. The van der Waals surface area contributed by atoms with E-state index in [-0.39, 0.29) is 29.9 Å². The molecular formula is C25H29F3O3. The van der Waals surface area contributed by atoms with Crippen LogP contribution in [0, 0.1) is 23.4 Å². The van der Waals surface area contributed by atoms with Crippen LogP contribution in [0.5, 0.6) is 11.5 Å². The highest BCUT2D eigenvalue weighted by Crippen LogP contribution is 2.39. The van der Waals surface area contributed by atoms with Gasteiger partial charge in [-0.25, -0.2) is 8.78 Å². The van der Waals surface area contributed by atoms with Crippen LogP contribution in [0.2, 0.25) is 0 Å². The van der Waals surface area contributed by atoms with Crippen LogP contribution in [0.4, 0.5) is 13.2 Å². The molecule has 1 N–H and O–H groups in total. The molecule has 3 rings (SSSR count). The van der Waals surface area contributed by atoms with Gasteiger partial charge in [-0.1, -0.05) is 18.2 Å². The molecular weight excluding hydrogens is 405 g/mol. The summed E-state index contributed by atoms with van der Waals surface area (Å²) in [5, 5.41) is 9.52. The van der Waals surface area contributed by atoms with E-state index in [0.29, 0.717) is 37.0 Å². The summed E-state index contributed by atoms with van der Waals surface area (Å²) in [6.45, 7) is 5.77. The zero-order chi connectivity index (χ0) is 22.4. The molecule has 1 aliphatic carbocycles. The van der Waals surface area contributed by atoms with Crippen molar-refractivity contribution in [2.75, 3.05) is 13.2 Å². The van der Waals surface area contributed by atoms with E-state index in [1.807, 2.05) is 0 Å². The van der Waals surface area contributed by atoms with Gasteiger partial charge in [0.15, 0.2) is 23.1 Å². The van der Waals surface area contributed by atoms with Gasteiger partial charge in [-0.05, 0) is 80.2 Å². The molecule has 1 atom stereocenters. The lowest BCUT2D eigenvalue weighted by Crippen LogP contribution is -2.20. The van der Waals surface area contributed by atoms with Gasteiger partial charge >= 0.3 is 0 Å². The molecule has 1 aliphatic rings. The Labute approximate surface area is 181 Å². The van der Waals surface area contributed by atoms with Gasteiger partial charge < -0.3 is 14.6 Å². The Kier molecular flexibility index (Phi) is 8.02. The number of halogens is 3. The molecule has 31 heavy (non-hydrogen) atoms. The van der Waals surface area contributed by atoms with Crippen molar-refractivity contribution in [3.63, 3.8) is 0 Å². The highest BCUT2D eigenvalue weighted by atomic mass is 19.2. The first-order valence-electron chi connectivity index (χ1n) is 10.7. The predicted octanol–water partition coefficient (Wildman–Crippen LogP) is 6.46. The second-order valence-electron chi connectivity index (χ2n) is 8.10. The fourth-order valence-corrected chi connectivity index (χ4v) is 3.97. The molecule has 0 saturated heterocycles. The Hall–Kier alpha value is -2.47. The van der Waals surface area contributed by atoms with Gasteiger partial charge in [0.2, 0.25) is 5.82 Å². The second kappa shape index (κ2) is 10.7. The normalized spacial score (nSPS) is 19.6. The number of hydrogen-bond acceptors (Lipinski definition) is 3. The summed E-state index contributed by atoms with van der Waals surface area (Å²) in [7, 11) is 0. The van der Waals surface area contributed by atoms with E-state index >= 15 is 0 Å². The van der Waals surface area contributed by atoms with Gasteiger partial charge in [-0.3, -0.25) is 0 Å². The van der Waals surface area contributed by atoms with Crippen molar-refractivity contribution in [2.45, 2.75) is 51.0 Å². The molecule has 1 saturated carbocycles. The van der Waals surface area contributed by atoms with Gasteiger partial charge in [-0.15, -0.1) is 6.58 Å². The maximum absolute atomic E-state index is 14.6. The molecule has 2 aromatic carbocycles. The first-order valence-corrected chi connectivity index (χ1v) is 10.7. The summed E-state index contributed by atoms with van der Waals surface area (Å²) in [6.07, 6.45) is 4.48. The lowest BCUT2D eigenvalue weighted by molar-refractivity contribution is 0.190. The Balaban J connectivity index is 1.54. The zero-order valence-electron chi connectivity index (χ0n) is 17.8. The maximum atomic E-state index is 14.6. The number of benzene rings is 2. The van der Waals surface area contributed by atoms with Crippen LogP contribution in [0.1, 0.15) is 62.2 Å². The minimum absolute atomic E-state index is 0.0602. The van der Waals surface area contributed by atoms with Gasteiger partial charge in [-0.2, -0.15) is 4.39 Å². The van der Waals surface area contributed by atoms with Crippen LogP contribution < -0.4 is 9.47 Å². The van der Waals surface area contributed by atoms with E-state index in [0.717, 1.165) is 12.8 Å². The van der Waals surface area contributed by atoms with Crippen LogP contribution in [0.25, 0.3) is 0 Å². The molecule has 0 amide bonds. The van der Waals surface area contributed by atoms with Crippen LogP contribution in [-0.4, -0.2) is 18.3 Å². The molecule has 1 fully saturated rings. The molecule has 3 nitrogen and oxygen atoms in total. The highest BCUT2D eigenvalue weighted by molar-refractivity contribution is 5.33. The fraction of sp³-hybridized carbons (Fsp3) is 0.440. The largest absolute Gasteiger partial charge is 0.490 e. The summed E-state index contributed by atoms with van der Waals surface area (Å²) in [4.78, 5) is 0. The molecule has 0 bridgehead atoms. The first kappa shape index (κ1) is 23.2. The van der Waals surface area contributed by atoms with E-state index in [2.05, 4.69) is 6.58 Å². The molecule has 168 valence electrons. The fourth-order valence-electron chi connectivity index (χ4n) is 3.97. The van der Waals surface area contributed by atoms with Crippen molar-refractivity contribution in [2.24, 2.45) is 5.92 Å². The van der Waals surface area contributed by atoms with Crippen molar-refractivity contribution in [3.8, 4) is 11.5 Å². The molecule has 0 aliphatic heterocycles. The van der Waals surface area contributed by atoms with Crippen LogP contribution in [0.3, 0.4) is 0 Å². The Morgan fingerprint density at radius 2 is 1.74 bits per heavy atom. The quantitative estimate of drug-likeness (QED) is 0.363. The first-order chi connectivity index (χ1) is 14.9. The summed E-state index contributed by atoms with van der Waals surface area (Å²) in [5.74, 6) is -2.03. The monoisotopic (exact) mass is 434 g/mol. The topological polar surface area (TPSA) is 38.7 Å². The third-order valence-electron chi connectivity index (χ3n) is 5.86. The third-order valence-corrected chi connectivity index (χ3v) is 5.86. The minimum atomic E-state index is -0.942. The molecule has 0 spiro atoms. The average molecular weight is 434 g/mol. The van der Waals surface area contributed by atoms with Crippen LogP contribution in [-0.2, 0) is 0 Å². The number of ether oxygens (including phenoxy) is 2. The summed E-state index contributed by atoms with van der Waals surface area (Å²) >= 11 is 0. The summed E-state index contributed by atoms with van der Waals surface area (Å²) < 4.78 is 54.0. The van der Waals surface area contributed by atoms with Crippen molar-refractivity contribution in [1.29, 1.82) is 0 Å². The van der Waals surface area contributed by atoms with Gasteiger partial charge in [0, 0.05) is 0 Å². The smallest absolute Gasteiger partial charge is 0.200 e. The summed E-state index contributed by atoms with van der Waals surface area (Å²) in [6, 6.07) is 7.55. The van der Waals surface area contributed by atoms with Crippen molar-refractivity contribution in [1.82, 2.24) is 0 Å². The lowest BCUT2D eigenvalue weighted by atomic mass is 9.79. The zero-order valence-corrected chi connectivity index (χ0v) is 17.8. The van der Waals surface area contributed by atoms with Crippen LogP contribution >= 0.6 is 0 Å². The molecule has 0 heterocycles. The number of aliphatic hydroxyl groups excluding tert-OH is 1. The van der Waals surface area contributed by atoms with Gasteiger partial charge in [0.05, 0.1) is 19.3 Å². The van der Waals surface area contributed by atoms with E-state index < -0.39 is 23.6 Å². The van der Waals surface area contributed by atoms with Crippen molar-refractivity contribution >= 4 is 0 Å². The number of aliphatic hydroxyl groups is 1. The molecule has 1 unspecified atom stereocenters. The minimum Gasteiger partial charge on any atom is -0.490 e. The molecule has 0 radical (unpaired) electrons. The molecule has 2 aromatic rings. The summed E-state index contributed by atoms with van der Waals surface area (Å²) in [5.41, 5.74) is 0.879. The van der Waals surface area contributed by atoms with Gasteiger partial charge in [0.25, 0.3) is 0 Å². The Bertz CT molecular complexity index is 890. The average Bonchev–Trinajstić information content (AvgIpc) is 2.76. The maximum Gasteiger partial charge on any atom is 0.200 e. The number of rotatable bonds is 9. The van der Waals surface area contributed by atoms with E-state index in [4.69, 9.17) is 9.47 Å². The number of hydrogen-bond donors (Lipinski definition) is 1. The standard InChI is InChI=1S/C25H29F3O3/c1-3-4-13-30-23-12-10-20(24(27)25(23)28)18-7-5-17(6-8-18)15-31-22-11-9-19(16(2)29)14-21(22)26/h3,9-12,14,16-18,29H,1,4-8,13,15H2,2H3. The second-order valence-corrected chi connectivity index (χ2v) is 8.10. The van der Waals surface area contributed by atoms with E-state index in [1.54, 1.807) is 25.1 Å². The SMILES string of the molecule is C=CCCOc1ccc(C2CCC(COc3ccc(C(C)O)cc3F)CC2)c(F)c1F. The van der Waals surface area contributed by atoms with E-state index in [1.165, 1.54) is 18.2 Å². The van der Waals surface area contributed by atoms with Gasteiger partial charge in [0.1, 0.15) is 0 Å². The third kappa shape index (κ3) is 5.82. The Morgan fingerprint density at radius 1 is 1.03 bits per heavy atom. The van der Waals surface area contributed by atoms with Crippen LogP contribution in [0.15, 0.2) is 43.0 Å². The molecule has 0 aromatic heterocycles. The van der Waals surface area contributed by atoms with Crippen molar-refractivity contribution in [3.05, 3.63) is 71.6 Å².